The molecule has 126 valence electrons. The van der Waals surface area contributed by atoms with Gasteiger partial charge in [0.2, 0.25) is 5.91 Å². The fraction of sp³-hybridized carbons (Fsp3) is 0.294. The average Bonchev–Trinajstić information content (AvgIpc) is 2.58. The molecular weight excluding hydrogens is 308 g/mol. The van der Waals surface area contributed by atoms with E-state index in [2.05, 4.69) is 15.7 Å². The van der Waals surface area contributed by atoms with Crippen molar-refractivity contribution in [3.05, 3.63) is 58.0 Å². The molecule has 0 unspecified atom stereocenters. The van der Waals surface area contributed by atoms with Crippen molar-refractivity contribution in [1.82, 2.24) is 15.1 Å². The molecule has 2 N–H and O–H groups in total. The number of anilines is 1. The van der Waals surface area contributed by atoms with Crippen molar-refractivity contribution in [2.24, 2.45) is 0 Å². The summed E-state index contributed by atoms with van der Waals surface area (Å²) in [5, 5.41) is 9.35. The van der Waals surface area contributed by atoms with E-state index in [0.717, 1.165) is 12.0 Å². The third-order valence-corrected chi connectivity index (χ3v) is 3.39. The van der Waals surface area contributed by atoms with Crippen LogP contribution in [-0.4, -0.2) is 28.6 Å². The Balaban J connectivity index is 2.08. The Morgan fingerprint density at radius 2 is 1.83 bits per heavy atom. The Bertz CT molecular complexity index is 781. The standard InChI is InChI=1S/C17H20N4O3/c1-3-10-21-16(23)9-8-14(20-21)17(24)19-13-6-4-12(5-7-13)11-15(22)18-2/h4-9H,3,10-11H2,1-2H3,(H,18,22)(H,19,24). The van der Waals surface area contributed by atoms with Crippen LogP contribution < -0.4 is 16.2 Å². The maximum atomic E-state index is 12.2. The minimum Gasteiger partial charge on any atom is -0.359 e. The third-order valence-electron chi connectivity index (χ3n) is 3.39. The van der Waals surface area contributed by atoms with Crippen LogP contribution in [0.5, 0.6) is 0 Å². The smallest absolute Gasteiger partial charge is 0.276 e. The van der Waals surface area contributed by atoms with E-state index < -0.39 is 0 Å². The van der Waals surface area contributed by atoms with Crippen LogP contribution in [0.3, 0.4) is 0 Å². The highest BCUT2D eigenvalue weighted by molar-refractivity contribution is 6.02. The van der Waals surface area contributed by atoms with Gasteiger partial charge in [0.05, 0.1) is 6.42 Å². The van der Waals surface area contributed by atoms with Gasteiger partial charge in [-0.15, -0.1) is 0 Å². The number of hydrogen-bond donors (Lipinski definition) is 2. The van der Waals surface area contributed by atoms with E-state index in [9.17, 15) is 14.4 Å². The van der Waals surface area contributed by atoms with Gasteiger partial charge in [-0.05, 0) is 30.2 Å². The van der Waals surface area contributed by atoms with E-state index in [4.69, 9.17) is 0 Å². The molecule has 7 heteroatoms. The zero-order valence-corrected chi connectivity index (χ0v) is 13.7. The topological polar surface area (TPSA) is 93.1 Å². The highest BCUT2D eigenvalue weighted by Crippen LogP contribution is 2.11. The Morgan fingerprint density at radius 3 is 2.46 bits per heavy atom. The summed E-state index contributed by atoms with van der Waals surface area (Å²) in [5.74, 6) is -0.465. The number of aryl methyl sites for hydroxylation is 1. The predicted molar refractivity (Wildman–Crippen MR) is 91.0 cm³/mol. The Kier molecular flexibility index (Phi) is 5.83. The minimum atomic E-state index is -0.390. The van der Waals surface area contributed by atoms with Gasteiger partial charge in [0.1, 0.15) is 5.69 Å². The van der Waals surface area contributed by atoms with Crippen LogP contribution >= 0.6 is 0 Å². The normalized spacial score (nSPS) is 10.2. The number of carbonyl (C=O) groups is 2. The van der Waals surface area contributed by atoms with Gasteiger partial charge in [-0.25, -0.2) is 4.68 Å². The zero-order valence-electron chi connectivity index (χ0n) is 13.7. The van der Waals surface area contributed by atoms with E-state index in [1.165, 1.54) is 16.8 Å². The SMILES string of the molecule is CCCn1nc(C(=O)Nc2ccc(CC(=O)NC)cc2)ccc1=O. The van der Waals surface area contributed by atoms with Crippen LogP contribution in [0.1, 0.15) is 29.4 Å². The van der Waals surface area contributed by atoms with Gasteiger partial charge in [0, 0.05) is 25.3 Å². The van der Waals surface area contributed by atoms with Crippen molar-refractivity contribution in [3.63, 3.8) is 0 Å². The molecule has 0 spiro atoms. The second-order valence-electron chi connectivity index (χ2n) is 5.28. The first-order valence-electron chi connectivity index (χ1n) is 7.72. The van der Waals surface area contributed by atoms with Crippen LogP contribution in [0.25, 0.3) is 0 Å². The lowest BCUT2D eigenvalue weighted by atomic mass is 10.1. The third kappa shape index (κ3) is 4.52. The highest BCUT2D eigenvalue weighted by atomic mass is 16.2. The molecule has 2 aromatic rings. The molecule has 24 heavy (non-hydrogen) atoms. The lowest BCUT2D eigenvalue weighted by Gasteiger charge is -2.08. The first-order chi connectivity index (χ1) is 11.5. The number of aromatic nitrogens is 2. The molecule has 0 fully saturated rings. The highest BCUT2D eigenvalue weighted by Gasteiger charge is 2.10. The summed E-state index contributed by atoms with van der Waals surface area (Å²) in [5.41, 5.74) is 1.39. The average molecular weight is 328 g/mol. The summed E-state index contributed by atoms with van der Waals surface area (Å²) >= 11 is 0. The molecule has 0 aliphatic rings. The maximum absolute atomic E-state index is 12.2. The Hall–Kier alpha value is -2.96. The largest absolute Gasteiger partial charge is 0.359 e. The van der Waals surface area contributed by atoms with Gasteiger partial charge < -0.3 is 10.6 Å². The van der Waals surface area contributed by atoms with Crippen LogP contribution in [0.15, 0.2) is 41.2 Å². The van der Waals surface area contributed by atoms with Crippen molar-refractivity contribution in [2.45, 2.75) is 26.3 Å². The van der Waals surface area contributed by atoms with Crippen molar-refractivity contribution in [2.75, 3.05) is 12.4 Å². The summed E-state index contributed by atoms with van der Waals surface area (Å²) in [7, 11) is 1.59. The summed E-state index contributed by atoms with van der Waals surface area (Å²) in [4.78, 5) is 35.2. The van der Waals surface area contributed by atoms with Crippen molar-refractivity contribution in [1.29, 1.82) is 0 Å². The van der Waals surface area contributed by atoms with Gasteiger partial charge in [0.25, 0.3) is 11.5 Å². The molecule has 0 aliphatic heterocycles. The van der Waals surface area contributed by atoms with E-state index in [0.29, 0.717) is 12.2 Å². The monoisotopic (exact) mass is 328 g/mol. The van der Waals surface area contributed by atoms with Gasteiger partial charge >= 0.3 is 0 Å². The molecule has 1 aromatic heterocycles. The Labute approximate surface area is 139 Å². The number of carbonyl (C=O) groups excluding carboxylic acids is 2. The number of nitrogens with zero attached hydrogens (tertiary/aromatic N) is 2. The number of likely N-dealkylation sites (N-methyl/N-ethyl adjacent to an activating group) is 1. The van der Waals surface area contributed by atoms with E-state index in [-0.39, 0.29) is 29.5 Å². The maximum Gasteiger partial charge on any atom is 0.276 e. The van der Waals surface area contributed by atoms with E-state index in [1.54, 1.807) is 31.3 Å². The summed E-state index contributed by atoms with van der Waals surface area (Å²) in [6.45, 7) is 2.40. The van der Waals surface area contributed by atoms with Gasteiger partial charge in [-0.3, -0.25) is 14.4 Å². The molecule has 1 aromatic carbocycles. The van der Waals surface area contributed by atoms with Crippen LogP contribution in [0, 0.1) is 0 Å². The molecule has 0 saturated carbocycles. The molecule has 0 saturated heterocycles. The minimum absolute atomic E-state index is 0.0748. The van der Waals surface area contributed by atoms with Crippen molar-refractivity contribution < 1.29 is 9.59 Å². The van der Waals surface area contributed by atoms with Gasteiger partial charge in [-0.1, -0.05) is 19.1 Å². The second-order valence-corrected chi connectivity index (χ2v) is 5.28. The lowest BCUT2D eigenvalue weighted by molar-refractivity contribution is -0.119. The number of hydrogen-bond acceptors (Lipinski definition) is 4. The predicted octanol–water partition coefficient (Wildman–Crippen LogP) is 1.19. The van der Waals surface area contributed by atoms with Crippen LogP contribution in [-0.2, 0) is 17.8 Å². The number of rotatable bonds is 6. The Morgan fingerprint density at radius 1 is 1.12 bits per heavy atom. The fourth-order valence-corrected chi connectivity index (χ4v) is 2.12. The zero-order chi connectivity index (χ0) is 17.5. The first kappa shape index (κ1) is 17.4. The summed E-state index contributed by atoms with van der Waals surface area (Å²) < 4.78 is 1.28. The molecule has 0 atom stereocenters. The molecule has 2 rings (SSSR count). The molecule has 1 heterocycles. The number of benzene rings is 1. The second kappa shape index (κ2) is 8.05. The molecule has 0 bridgehead atoms. The lowest BCUT2D eigenvalue weighted by Crippen LogP contribution is -2.26. The summed E-state index contributed by atoms with van der Waals surface area (Å²) in [6.07, 6.45) is 1.04. The number of amides is 2. The molecular formula is C17H20N4O3. The van der Waals surface area contributed by atoms with Gasteiger partial charge in [-0.2, -0.15) is 5.10 Å². The quantitative estimate of drug-likeness (QED) is 0.833. The molecule has 7 nitrogen and oxygen atoms in total. The van der Waals surface area contributed by atoms with E-state index in [1.807, 2.05) is 6.92 Å². The van der Waals surface area contributed by atoms with Crippen molar-refractivity contribution in [3.8, 4) is 0 Å². The van der Waals surface area contributed by atoms with Crippen LogP contribution in [0.4, 0.5) is 5.69 Å². The molecule has 2 amide bonds. The number of nitrogens with one attached hydrogen (secondary N) is 2. The van der Waals surface area contributed by atoms with Crippen LogP contribution in [0.2, 0.25) is 0 Å². The fourth-order valence-electron chi connectivity index (χ4n) is 2.12. The first-order valence-corrected chi connectivity index (χ1v) is 7.72. The molecule has 0 radical (unpaired) electrons. The molecule has 0 aliphatic carbocycles. The van der Waals surface area contributed by atoms with Gasteiger partial charge in [0.15, 0.2) is 0 Å². The van der Waals surface area contributed by atoms with E-state index >= 15 is 0 Å². The summed E-state index contributed by atoms with van der Waals surface area (Å²) in [6, 6.07) is 9.73. The van der Waals surface area contributed by atoms with Crippen molar-refractivity contribution >= 4 is 17.5 Å².